The molecule has 23 heavy (non-hydrogen) atoms. The lowest BCUT2D eigenvalue weighted by Crippen LogP contribution is -2.61. The molecule has 0 aliphatic rings. The van der Waals surface area contributed by atoms with Gasteiger partial charge in [0.05, 0.1) is 0 Å². The summed E-state index contributed by atoms with van der Waals surface area (Å²) in [7, 11) is 2.10. The second-order valence-electron chi connectivity index (χ2n) is 5.04. The third kappa shape index (κ3) is 6.34. The van der Waals surface area contributed by atoms with E-state index in [2.05, 4.69) is 79.3 Å². The van der Waals surface area contributed by atoms with Gasteiger partial charge in [0.2, 0.25) is 5.69 Å². The van der Waals surface area contributed by atoms with Crippen molar-refractivity contribution >= 4 is 24.1 Å². The van der Waals surface area contributed by atoms with Gasteiger partial charge in [0.25, 0.3) is 0 Å². The lowest BCUT2D eigenvalue weighted by atomic mass is 10.1. The number of rotatable bonds is 5. The Balaban J connectivity index is 0.000000816. The second kappa shape index (κ2) is 10.2. The van der Waals surface area contributed by atoms with Crippen molar-refractivity contribution in [1.82, 2.24) is 0 Å². The van der Waals surface area contributed by atoms with Gasteiger partial charge < -0.3 is 14.8 Å². The number of carbonyl (C=O) groups excluding carboxylic acids is 1. The number of nitrogens with zero attached hydrogens (tertiary/aromatic N) is 1. The number of anilines is 1. The van der Waals surface area contributed by atoms with Crippen LogP contribution in [0.5, 0.6) is 0 Å². The van der Waals surface area contributed by atoms with Crippen molar-refractivity contribution < 1.29 is 14.9 Å². The van der Waals surface area contributed by atoms with Gasteiger partial charge >= 0.3 is 0 Å². The molecule has 0 amide bonds. The van der Waals surface area contributed by atoms with E-state index >= 15 is 0 Å². The minimum absolute atomic E-state index is 0.500. The Hall–Kier alpha value is -2.62. The predicted octanol–water partition coefficient (Wildman–Crippen LogP) is 0.902. The van der Waals surface area contributed by atoms with Crippen molar-refractivity contribution in [3.8, 4) is 0 Å². The van der Waals surface area contributed by atoms with Gasteiger partial charge in [-0.3, -0.25) is 0 Å². The molecule has 122 valence electrons. The zero-order chi connectivity index (χ0) is 17.1. The molecule has 1 N–H and O–H groups in total. The molecule has 0 heterocycles. The summed E-state index contributed by atoms with van der Waals surface area (Å²) in [6.45, 7) is 4.84. The fraction of sp³-hybridized carbons (Fsp3) is 0.263. The third-order valence-electron chi connectivity index (χ3n) is 3.58. The van der Waals surface area contributed by atoms with Gasteiger partial charge in [0.15, 0.2) is 6.21 Å². The summed E-state index contributed by atoms with van der Waals surface area (Å²) in [6, 6.07) is 17.1. The molecule has 0 aromatic heterocycles. The Morgan fingerprint density at radius 3 is 2.09 bits per heavy atom. The average molecular weight is 312 g/mol. The van der Waals surface area contributed by atoms with E-state index in [1.54, 1.807) is 0 Å². The van der Waals surface area contributed by atoms with Gasteiger partial charge in [0.1, 0.15) is 0 Å². The van der Waals surface area contributed by atoms with Crippen molar-refractivity contribution in [3.05, 3.63) is 59.7 Å². The summed E-state index contributed by atoms with van der Waals surface area (Å²) in [5, 5.41) is 8.25. The van der Waals surface area contributed by atoms with Crippen LogP contribution in [0.3, 0.4) is 0 Å². The van der Waals surface area contributed by atoms with Gasteiger partial charge in [0, 0.05) is 43.4 Å². The maximum atomic E-state index is 8.25. The molecular formula is C19H24N2O2. The minimum Gasteiger partial charge on any atom is -0.554 e. The first-order valence-corrected chi connectivity index (χ1v) is 7.70. The molecule has 0 fully saturated rings. The van der Waals surface area contributed by atoms with Crippen molar-refractivity contribution in [1.29, 1.82) is 0 Å². The Morgan fingerprint density at radius 2 is 1.61 bits per heavy atom. The Bertz CT molecular complexity index is 604. The lowest BCUT2D eigenvalue weighted by Gasteiger charge is -2.16. The van der Waals surface area contributed by atoms with Crippen LogP contribution in [0, 0.1) is 0 Å². The zero-order valence-electron chi connectivity index (χ0n) is 14.0. The van der Waals surface area contributed by atoms with E-state index in [1.807, 2.05) is 6.21 Å². The highest BCUT2D eigenvalue weighted by atomic mass is 16.3. The van der Waals surface area contributed by atoms with Gasteiger partial charge in [-0.1, -0.05) is 19.1 Å². The molecule has 4 heteroatoms. The van der Waals surface area contributed by atoms with Crippen LogP contribution in [0.2, 0.25) is 0 Å². The van der Waals surface area contributed by atoms with Gasteiger partial charge in [-0.15, -0.1) is 0 Å². The van der Waals surface area contributed by atoms with Crippen LogP contribution >= 0.6 is 0 Å². The standard InChI is InChI=1S/C18H22N2.CH2O2/c1-4-15-6-10-17(11-7-15)19-14-16-8-12-18(13-9-16)20(3)5-2;2-1-3/h6-14H,4-5H2,1-3H3;1H,(H,2,3). The van der Waals surface area contributed by atoms with Crippen LogP contribution in [0.1, 0.15) is 25.0 Å². The molecule has 0 radical (unpaired) electrons. The normalized spacial score (nSPS) is 10.0. The summed E-state index contributed by atoms with van der Waals surface area (Å²) in [6.07, 6.45) is 3.12. The van der Waals surface area contributed by atoms with E-state index in [9.17, 15) is 0 Å². The van der Waals surface area contributed by atoms with Crippen molar-refractivity contribution in [2.75, 3.05) is 18.5 Å². The Morgan fingerprint density at radius 1 is 1.04 bits per heavy atom. The molecule has 0 aliphatic heterocycles. The molecule has 2 aromatic rings. The zero-order valence-corrected chi connectivity index (χ0v) is 14.0. The summed E-state index contributed by atoms with van der Waals surface area (Å²) in [5.41, 5.74) is 4.91. The maximum absolute atomic E-state index is 8.25. The summed E-state index contributed by atoms with van der Waals surface area (Å²) in [4.78, 5) is 13.8. The number of hydrogen-bond acceptors (Lipinski definition) is 3. The highest BCUT2D eigenvalue weighted by molar-refractivity contribution is 5.76. The summed E-state index contributed by atoms with van der Waals surface area (Å²) in [5.74, 6) is 0. The van der Waals surface area contributed by atoms with Crippen LogP contribution in [-0.4, -0.2) is 26.3 Å². The molecule has 2 aromatic carbocycles. The molecule has 4 nitrogen and oxygen atoms in total. The molecule has 0 atom stereocenters. The average Bonchev–Trinajstić information content (AvgIpc) is 2.61. The largest absolute Gasteiger partial charge is 0.554 e. The van der Waals surface area contributed by atoms with Crippen molar-refractivity contribution in [3.63, 3.8) is 0 Å². The predicted molar refractivity (Wildman–Crippen MR) is 93.1 cm³/mol. The number of carboxylic acid groups (broad SMARTS) is 1. The molecule has 0 saturated carbocycles. The van der Waals surface area contributed by atoms with E-state index in [-0.39, 0.29) is 0 Å². The van der Waals surface area contributed by atoms with Crippen molar-refractivity contribution in [2.24, 2.45) is 0 Å². The van der Waals surface area contributed by atoms with E-state index in [1.165, 1.54) is 16.8 Å². The molecule has 0 spiro atoms. The number of hydrogen-bond donors (Lipinski definition) is 1. The SMILES string of the molecule is CCc1ccc([NH+]=Cc2ccc(N(C)CC)cc2)cc1.O=C[O-]. The molecule has 0 unspecified atom stereocenters. The number of nitrogens with one attached hydrogen (secondary N) is 1. The monoisotopic (exact) mass is 312 g/mol. The smallest absolute Gasteiger partial charge is 0.203 e. The summed E-state index contributed by atoms with van der Waals surface area (Å²) < 4.78 is 0. The van der Waals surface area contributed by atoms with Gasteiger partial charge in [-0.25, -0.2) is 4.99 Å². The van der Waals surface area contributed by atoms with Crippen LogP contribution in [0.4, 0.5) is 11.4 Å². The first-order valence-electron chi connectivity index (χ1n) is 7.70. The van der Waals surface area contributed by atoms with E-state index in [4.69, 9.17) is 9.90 Å². The number of carbonyl (C=O) groups is 1. The van der Waals surface area contributed by atoms with E-state index < -0.39 is 6.47 Å². The summed E-state index contributed by atoms with van der Waals surface area (Å²) >= 11 is 0. The fourth-order valence-corrected chi connectivity index (χ4v) is 2.01. The molecule has 2 rings (SSSR count). The van der Waals surface area contributed by atoms with Gasteiger partial charge in [-0.2, -0.15) is 0 Å². The van der Waals surface area contributed by atoms with Crippen LogP contribution in [-0.2, 0) is 11.2 Å². The Labute approximate surface area is 138 Å². The molecule has 0 bridgehead atoms. The lowest BCUT2D eigenvalue weighted by molar-refractivity contribution is -0.346. The van der Waals surface area contributed by atoms with Crippen LogP contribution < -0.4 is 15.0 Å². The van der Waals surface area contributed by atoms with E-state index in [0.29, 0.717) is 0 Å². The molecule has 0 aliphatic carbocycles. The maximum Gasteiger partial charge on any atom is 0.203 e. The Kier molecular flexibility index (Phi) is 8.14. The van der Waals surface area contributed by atoms with E-state index in [0.717, 1.165) is 18.7 Å². The van der Waals surface area contributed by atoms with Crippen LogP contribution in [0.25, 0.3) is 0 Å². The number of benzene rings is 2. The topological polar surface area (TPSA) is 57.3 Å². The first kappa shape index (κ1) is 18.4. The molecular weight excluding hydrogens is 288 g/mol. The van der Waals surface area contributed by atoms with Crippen molar-refractivity contribution in [2.45, 2.75) is 20.3 Å². The van der Waals surface area contributed by atoms with Crippen LogP contribution in [0.15, 0.2) is 48.5 Å². The first-order chi connectivity index (χ1) is 11.1. The minimum atomic E-state index is -0.500. The number of aryl methyl sites for hydroxylation is 1. The highest BCUT2D eigenvalue weighted by Gasteiger charge is 1.99. The highest BCUT2D eigenvalue weighted by Crippen LogP contribution is 2.12. The molecule has 0 saturated heterocycles. The quantitative estimate of drug-likeness (QED) is 0.659. The second-order valence-corrected chi connectivity index (χ2v) is 5.04. The van der Waals surface area contributed by atoms with Gasteiger partial charge in [-0.05, 0) is 43.2 Å². The third-order valence-corrected chi connectivity index (χ3v) is 3.58. The fourth-order valence-electron chi connectivity index (χ4n) is 2.01.